The van der Waals surface area contributed by atoms with Crippen LogP contribution in [0.5, 0.6) is 0 Å². The third kappa shape index (κ3) is 3.16. The fourth-order valence-electron chi connectivity index (χ4n) is 4.45. The van der Waals surface area contributed by atoms with E-state index in [9.17, 15) is 13.2 Å². The smallest absolute Gasteiger partial charge is 0.242 e. The Morgan fingerprint density at radius 3 is 2.50 bits per heavy atom. The molecule has 2 heterocycles. The van der Waals surface area contributed by atoms with E-state index in [2.05, 4.69) is 30.5 Å². The van der Waals surface area contributed by atoms with Gasteiger partial charge in [-0.25, -0.2) is 8.42 Å². The summed E-state index contributed by atoms with van der Waals surface area (Å²) in [6.07, 6.45) is 2.81. The Balaban J connectivity index is 1.83. The van der Waals surface area contributed by atoms with Crippen LogP contribution in [0.1, 0.15) is 41.5 Å². The number of carbonyl (C=O) groups excluding carboxylic acids is 1. The molecular weight excluding hydrogens is 350 g/mol. The number of likely N-dealkylation sites (tertiary alicyclic amines) is 1. The molecule has 1 N–H and O–H groups in total. The number of nitrogens with zero attached hydrogens (tertiary/aromatic N) is 2. The van der Waals surface area contributed by atoms with Gasteiger partial charge in [0.15, 0.2) is 0 Å². The molecule has 1 aliphatic heterocycles. The molecule has 6 nitrogen and oxygen atoms in total. The Morgan fingerprint density at radius 1 is 1.38 bits per heavy atom. The zero-order valence-electron chi connectivity index (χ0n) is 16.4. The molecule has 3 rings (SSSR count). The van der Waals surface area contributed by atoms with E-state index in [4.69, 9.17) is 0 Å². The molecule has 1 aliphatic carbocycles. The molecule has 0 spiro atoms. The van der Waals surface area contributed by atoms with Gasteiger partial charge in [0.2, 0.25) is 15.9 Å². The second-order valence-electron chi connectivity index (χ2n) is 9.29. The molecule has 1 aromatic heterocycles. The van der Waals surface area contributed by atoms with Crippen molar-refractivity contribution >= 4 is 15.9 Å². The van der Waals surface area contributed by atoms with Crippen molar-refractivity contribution in [1.29, 1.82) is 0 Å². The molecule has 1 saturated carbocycles. The van der Waals surface area contributed by atoms with Gasteiger partial charge in [-0.3, -0.25) is 9.78 Å². The molecular formula is C19H29N3O3S. The summed E-state index contributed by atoms with van der Waals surface area (Å²) >= 11 is 0. The van der Waals surface area contributed by atoms with Crippen LogP contribution in [0.3, 0.4) is 0 Å². The van der Waals surface area contributed by atoms with Crippen molar-refractivity contribution in [2.24, 2.45) is 22.7 Å². The van der Waals surface area contributed by atoms with E-state index in [-0.39, 0.29) is 22.3 Å². The number of hydrogen-bond acceptors (Lipinski definition) is 4. The fourth-order valence-corrected chi connectivity index (χ4v) is 5.81. The van der Waals surface area contributed by atoms with Crippen LogP contribution in [0, 0.1) is 22.7 Å². The van der Waals surface area contributed by atoms with Gasteiger partial charge in [0.25, 0.3) is 0 Å². The maximum Gasteiger partial charge on any atom is 0.242 e. The van der Waals surface area contributed by atoms with Crippen molar-refractivity contribution in [1.82, 2.24) is 14.6 Å². The molecule has 0 radical (unpaired) electrons. The first kappa shape index (κ1) is 19.3. The van der Waals surface area contributed by atoms with Crippen LogP contribution in [0.15, 0.2) is 29.4 Å². The van der Waals surface area contributed by atoms with E-state index in [1.807, 2.05) is 25.7 Å². The SMILES string of the molecule is C[C@@H]1[C@@H]2[C@H](CN1C(=O)[C@@H](NS(=O)(=O)c1cccnc1)C(C)(C)C)C2(C)C. The third-order valence-electron chi connectivity index (χ3n) is 6.16. The lowest BCUT2D eigenvalue weighted by Crippen LogP contribution is -2.56. The summed E-state index contributed by atoms with van der Waals surface area (Å²) in [5.41, 5.74) is -0.267. The quantitative estimate of drug-likeness (QED) is 0.870. The summed E-state index contributed by atoms with van der Waals surface area (Å²) in [5, 5.41) is 0. The van der Waals surface area contributed by atoms with Crippen LogP contribution in [-0.4, -0.2) is 42.8 Å². The van der Waals surface area contributed by atoms with Crippen molar-refractivity contribution in [3.63, 3.8) is 0 Å². The van der Waals surface area contributed by atoms with Gasteiger partial charge in [0, 0.05) is 25.0 Å². The highest BCUT2D eigenvalue weighted by Crippen LogP contribution is 2.64. The van der Waals surface area contributed by atoms with Crippen molar-refractivity contribution in [3.8, 4) is 0 Å². The van der Waals surface area contributed by atoms with E-state index in [1.54, 1.807) is 6.07 Å². The Bertz CT molecular complexity index is 799. The van der Waals surface area contributed by atoms with Crippen molar-refractivity contribution < 1.29 is 13.2 Å². The number of piperidine rings is 1. The lowest BCUT2D eigenvalue weighted by Gasteiger charge is -2.37. The van der Waals surface area contributed by atoms with E-state index in [1.165, 1.54) is 18.5 Å². The third-order valence-corrected chi connectivity index (χ3v) is 7.57. The second kappa shape index (κ2) is 6.02. The first-order valence-corrected chi connectivity index (χ1v) is 10.6. The molecule has 2 fully saturated rings. The zero-order chi connectivity index (χ0) is 19.5. The first-order valence-electron chi connectivity index (χ1n) is 9.10. The molecule has 4 atom stereocenters. The molecule has 0 aromatic carbocycles. The lowest BCUT2D eigenvalue weighted by atomic mass is 9.86. The number of carbonyl (C=O) groups is 1. The maximum atomic E-state index is 13.3. The van der Waals surface area contributed by atoms with Crippen LogP contribution >= 0.6 is 0 Å². The first-order chi connectivity index (χ1) is 11.9. The predicted octanol–water partition coefficient (Wildman–Crippen LogP) is 2.28. The largest absolute Gasteiger partial charge is 0.338 e. The molecule has 144 valence electrons. The number of sulfonamides is 1. The topological polar surface area (TPSA) is 79.4 Å². The van der Waals surface area contributed by atoms with Crippen LogP contribution in [0.2, 0.25) is 0 Å². The molecule has 1 saturated heterocycles. The van der Waals surface area contributed by atoms with Crippen molar-refractivity contribution in [2.75, 3.05) is 6.54 Å². The zero-order valence-corrected chi connectivity index (χ0v) is 17.2. The molecule has 0 bridgehead atoms. The van der Waals surface area contributed by atoms with Gasteiger partial charge in [-0.1, -0.05) is 34.6 Å². The Morgan fingerprint density at radius 2 is 2.04 bits per heavy atom. The van der Waals surface area contributed by atoms with Gasteiger partial charge in [-0.2, -0.15) is 4.72 Å². The van der Waals surface area contributed by atoms with E-state index in [0.717, 1.165) is 0 Å². The number of hydrogen-bond donors (Lipinski definition) is 1. The molecule has 7 heteroatoms. The van der Waals surface area contributed by atoms with Crippen molar-refractivity contribution in [3.05, 3.63) is 24.5 Å². The van der Waals surface area contributed by atoms with Gasteiger partial charge in [-0.15, -0.1) is 0 Å². The maximum absolute atomic E-state index is 13.3. The number of aromatic nitrogens is 1. The molecule has 2 aliphatic rings. The van der Waals surface area contributed by atoms with Crippen LogP contribution in [0.4, 0.5) is 0 Å². The lowest BCUT2D eigenvalue weighted by molar-refractivity contribution is -0.137. The van der Waals surface area contributed by atoms with Crippen molar-refractivity contribution in [2.45, 2.75) is 58.5 Å². The number of rotatable bonds is 4. The highest BCUT2D eigenvalue weighted by molar-refractivity contribution is 7.89. The Kier molecular flexibility index (Phi) is 4.47. The number of fused-ring (bicyclic) bond motifs is 1. The normalized spacial score (nSPS) is 28.5. The van der Waals surface area contributed by atoms with Crippen LogP contribution < -0.4 is 4.72 Å². The van der Waals surface area contributed by atoms with Gasteiger partial charge < -0.3 is 4.90 Å². The summed E-state index contributed by atoms with van der Waals surface area (Å²) in [4.78, 5) is 19.1. The minimum Gasteiger partial charge on any atom is -0.338 e. The summed E-state index contributed by atoms with van der Waals surface area (Å²) in [7, 11) is -3.82. The highest BCUT2D eigenvalue weighted by Gasteiger charge is 2.66. The highest BCUT2D eigenvalue weighted by atomic mass is 32.2. The average Bonchev–Trinajstić information content (AvgIpc) is 2.88. The number of nitrogens with one attached hydrogen (secondary N) is 1. The molecule has 0 unspecified atom stereocenters. The molecule has 1 aromatic rings. The fraction of sp³-hybridized carbons (Fsp3) is 0.684. The Hall–Kier alpha value is -1.47. The second-order valence-corrected chi connectivity index (χ2v) is 11.0. The summed E-state index contributed by atoms with van der Waals surface area (Å²) < 4.78 is 28.1. The number of amides is 1. The van der Waals surface area contributed by atoms with Gasteiger partial charge in [0.05, 0.1) is 0 Å². The monoisotopic (exact) mass is 379 g/mol. The average molecular weight is 380 g/mol. The van der Waals surface area contributed by atoms with Gasteiger partial charge in [0.1, 0.15) is 10.9 Å². The summed E-state index contributed by atoms with van der Waals surface area (Å²) in [5.74, 6) is 0.875. The molecule has 26 heavy (non-hydrogen) atoms. The van der Waals surface area contributed by atoms with Gasteiger partial charge >= 0.3 is 0 Å². The van der Waals surface area contributed by atoms with Crippen LogP contribution in [-0.2, 0) is 14.8 Å². The minimum absolute atomic E-state index is 0.0699. The standard InChI is InChI=1S/C19H29N3O3S/c1-12-15-14(19(15,5)6)11-22(12)17(23)16(18(2,3)4)21-26(24,25)13-8-7-9-20-10-13/h7-10,12,14-16,21H,11H2,1-6H3/t12-,14+,15-,16-/m1/s1. The predicted molar refractivity (Wildman–Crippen MR) is 99.7 cm³/mol. The summed E-state index contributed by atoms with van der Waals surface area (Å²) in [6, 6.07) is 2.36. The van der Waals surface area contributed by atoms with Gasteiger partial charge in [-0.05, 0) is 41.7 Å². The van der Waals surface area contributed by atoms with E-state index < -0.39 is 21.5 Å². The molecule has 1 amide bonds. The van der Waals surface area contributed by atoms with E-state index in [0.29, 0.717) is 18.4 Å². The Labute approximate surface area is 156 Å². The van der Waals surface area contributed by atoms with E-state index >= 15 is 0 Å². The minimum atomic E-state index is -3.82. The number of pyridine rings is 1. The summed E-state index contributed by atoms with van der Waals surface area (Å²) in [6.45, 7) is 12.9. The van der Waals surface area contributed by atoms with Crippen LogP contribution in [0.25, 0.3) is 0 Å².